The summed E-state index contributed by atoms with van der Waals surface area (Å²) in [6, 6.07) is -0.0312. The minimum atomic E-state index is -5.32. The molecule has 1 aliphatic rings. The maximum Gasteiger partial charge on any atom is 0.417 e. The monoisotopic (exact) mass is 551 g/mol. The molecule has 1 saturated heterocycles. The predicted molar refractivity (Wildman–Crippen MR) is 116 cm³/mol. The van der Waals surface area contributed by atoms with Gasteiger partial charge in [-0.05, 0) is 18.2 Å². The van der Waals surface area contributed by atoms with Gasteiger partial charge in [-0.25, -0.2) is 23.5 Å². The number of rotatable bonds is 5. The van der Waals surface area contributed by atoms with Gasteiger partial charge in [-0.1, -0.05) is 0 Å². The van der Waals surface area contributed by atoms with Gasteiger partial charge < -0.3 is 15.3 Å². The quantitative estimate of drug-likeness (QED) is 0.442. The zero-order chi connectivity index (χ0) is 28.0. The summed E-state index contributed by atoms with van der Waals surface area (Å²) in [6.07, 6.45) is -10.5. The van der Waals surface area contributed by atoms with Gasteiger partial charge in [-0.15, -0.1) is 0 Å². The summed E-state index contributed by atoms with van der Waals surface area (Å²) >= 11 is 0. The molecular weight excluding hydrogens is 534 g/mol. The summed E-state index contributed by atoms with van der Waals surface area (Å²) in [6.45, 7) is -0.603. The third-order valence-electron chi connectivity index (χ3n) is 5.87. The Morgan fingerprint density at radius 3 is 2.34 bits per heavy atom. The van der Waals surface area contributed by atoms with Gasteiger partial charge in [0.25, 0.3) is 11.5 Å². The largest absolute Gasteiger partial charge is 0.476 e. The molecule has 1 fully saturated rings. The normalized spacial score (nSPS) is 16.9. The van der Waals surface area contributed by atoms with Crippen molar-refractivity contribution in [1.82, 2.24) is 14.4 Å². The maximum absolute atomic E-state index is 14.3. The minimum absolute atomic E-state index is 0.151. The van der Waals surface area contributed by atoms with Crippen molar-refractivity contribution in [3.05, 3.63) is 63.8 Å². The molecule has 1 atom stereocenters. The van der Waals surface area contributed by atoms with Crippen LogP contribution in [0.4, 0.5) is 46.6 Å². The molecule has 2 N–H and O–H groups in total. The Kier molecular flexibility index (Phi) is 6.69. The van der Waals surface area contributed by atoms with Crippen molar-refractivity contribution in [2.75, 3.05) is 23.3 Å². The Bertz CT molecular complexity index is 1430. The van der Waals surface area contributed by atoms with Gasteiger partial charge in [0.05, 0.1) is 11.3 Å². The number of hydrogen-bond donors (Lipinski definition) is 2. The SMILES string of the molecule is O=C(O)c1ncccc1N[C@@H](c1cc(C(F)(F)F)cn2c(=O)cc(N3CCC(F)(F)CC3)nc12)C(F)(F)F. The number of fused-ring (bicyclic) bond motifs is 1. The lowest BCUT2D eigenvalue weighted by atomic mass is 10.0. The molecular formula is C22H17F8N5O3. The molecule has 0 radical (unpaired) electrons. The van der Waals surface area contributed by atoms with Gasteiger partial charge in [-0.3, -0.25) is 9.20 Å². The number of halogens is 8. The number of pyridine rings is 2. The van der Waals surface area contributed by atoms with E-state index >= 15 is 0 Å². The Morgan fingerprint density at radius 1 is 1.11 bits per heavy atom. The molecule has 38 heavy (non-hydrogen) atoms. The van der Waals surface area contributed by atoms with Crippen LogP contribution in [0.3, 0.4) is 0 Å². The number of anilines is 2. The van der Waals surface area contributed by atoms with E-state index in [1.54, 1.807) is 0 Å². The Hall–Kier alpha value is -3.98. The fourth-order valence-corrected chi connectivity index (χ4v) is 3.99. The Morgan fingerprint density at radius 2 is 1.76 bits per heavy atom. The number of alkyl halides is 8. The second-order valence-corrected chi connectivity index (χ2v) is 8.49. The van der Waals surface area contributed by atoms with Crippen LogP contribution in [0.15, 0.2) is 41.5 Å². The number of carboxylic acids is 1. The molecule has 4 rings (SSSR count). The van der Waals surface area contributed by atoms with E-state index < -0.39 is 76.8 Å². The van der Waals surface area contributed by atoms with E-state index in [1.165, 1.54) is 4.90 Å². The first-order valence-corrected chi connectivity index (χ1v) is 10.9. The van der Waals surface area contributed by atoms with Gasteiger partial charge in [-0.2, -0.15) is 26.3 Å². The molecule has 0 amide bonds. The zero-order valence-electron chi connectivity index (χ0n) is 18.9. The van der Waals surface area contributed by atoms with Crippen molar-refractivity contribution in [2.24, 2.45) is 0 Å². The van der Waals surface area contributed by atoms with E-state index in [0.717, 1.165) is 24.4 Å². The second kappa shape index (κ2) is 9.40. The number of aromatic carboxylic acids is 1. The van der Waals surface area contributed by atoms with Gasteiger partial charge in [0.2, 0.25) is 0 Å². The first-order chi connectivity index (χ1) is 17.6. The maximum atomic E-state index is 14.3. The van der Waals surface area contributed by atoms with Gasteiger partial charge in [0, 0.05) is 50.0 Å². The first-order valence-electron chi connectivity index (χ1n) is 10.9. The lowest BCUT2D eigenvalue weighted by molar-refractivity contribution is -0.145. The third kappa shape index (κ3) is 5.47. The number of aromatic nitrogens is 3. The average molecular weight is 551 g/mol. The minimum Gasteiger partial charge on any atom is -0.476 e. The zero-order valence-corrected chi connectivity index (χ0v) is 18.9. The molecule has 0 aromatic carbocycles. The highest BCUT2D eigenvalue weighted by molar-refractivity contribution is 5.92. The lowest BCUT2D eigenvalue weighted by Gasteiger charge is -2.32. The Labute approximate surface area is 207 Å². The molecule has 8 nitrogen and oxygen atoms in total. The molecule has 16 heteroatoms. The van der Waals surface area contributed by atoms with Gasteiger partial charge in [0.15, 0.2) is 11.7 Å². The van der Waals surface area contributed by atoms with E-state index in [4.69, 9.17) is 0 Å². The lowest BCUT2D eigenvalue weighted by Crippen LogP contribution is -2.40. The number of nitrogens with zero attached hydrogens (tertiary/aromatic N) is 4. The van der Waals surface area contributed by atoms with Crippen LogP contribution in [0.1, 0.15) is 40.5 Å². The molecule has 0 bridgehead atoms. The predicted octanol–water partition coefficient (Wildman–Crippen LogP) is 4.76. The highest BCUT2D eigenvalue weighted by Gasteiger charge is 2.45. The van der Waals surface area contributed by atoms with Crippen molar-refractivity contribution in [1.29, 1.82) is 0 Å². The van der Waals surface area contributed by atoms with Crippen molar-refractivity contribution in [3.63, 3.8) is 0 Å². The molecule has 0 spiro atoms. The summed E-state index contributed by atoms with van der Waals surface area (Å²) in [4.78, 5) is 32.9. The molecule has 0 aliphatic carbocycles. The Balaban J connectivity index is 1.94. The summed E-state index contributed by atoms with van der Waals surface area (Å²) in [5, 5.41) is 11.2. The topological polar surface area (TPSA) is 99.8 Å². The molecule has 0 saturated carbocycles. The van der Waals surface area contributed by atoms with Crippen LogP contribution in [-0.2, 0) is 6.18 Å². The van der Waals surface area contributed by atoms with Gasteiger partial charge >= 0.3 is 18.3 Å². The highest BCUT2D eigenvalue weighted by Crippen LogP contribution is 2.40. The molecule has 4 heterocycles. The van der Waals surface area contributed by atoms with Crippen LogP contribution in [-0.4, -0.2) is 50.6 Å². The fraction of sp³-hybridized carbons (Fsp3) is 0.364. The van der Waals surface area contributed by atoms with Crippen molar-refractivity contribution in [3.8, 4) is 0 Å². The van der Waals surface area contributed by atoms with E-state index in [1.807, 2.05) is 5.32 Å². The molecule has 0 unspecified atom stereocenters. The first kappa shape index (κ1) is 27.1. The van der Waals surface area contributed by atoms with E-state index in [0.29, 0.717) is 0 Å². The van der Waals surface area contributed by atoms with E-state index in [-0.39, 0.29) is 35.6 Å². The summed E-state index contributed by atoms with van der Waals surface area (Å²) in [5.74, 6) is -4.99. The van der Waals surface area contributed by atoms with Crippen molar-refractivity contribution >= 4 is 23.1 Å². The number of nitrogens with one attached hydrogen (secondary N) is 1. The van der Waals surface area contributed by atoms with Crippen LogP contribution in [0, 0.1) is 0 Å². The standard InChI is InChI=1S/C22H17F8N5O3/c23-20(24)3-6-34(7-4-20)14-9-15(36)35-10-11(21(25,26)27)8-12(18(35)33-14)17(22(28,29)30)32-13-2-1-5-31-16(13)19(37)38/h1-2,5,8-10,17,32H,3-4,6-7H2,(H,37,38)/t17-/m0/s1. The van der Waals surface area contributed by atoms with Crippen LogP contribution in [0.25, 0.3) is 5.65 Å². The van der Waals surface area contributed by atoms with E-state index in [9.17, 15) is 49.8 Å². The average Bonchev–Trinajstić information content (AvgIpc) is 2.81. The summed E-state index contributed by atoms with van der Waals surface area (Å²) in [5.41, 5.74) is -6.24. The summed E-state index contributed by atoms with van der Waals surface area (Å²) < 4.78 is 111. The van der Waals surface area contributed by atoms with Gasteiger partial charge in [0.1, 0.15) is 11.5 Å². The van der Waals surface area contributed by atoms with Crippen LogP contribution >= 0.6 is 0 Å². The highest BCUT2D eigenvalue weighted by atomic mass is 19.4. The third-order valence-corrected chi connectivity index (χ3v) is 5.87. The molecule has 204 valence electrons. The molecule has 3 aromatic heterocycles. The van der Waals surface area contributed by atoms with Crippen LogP contribution in [0.5, 0.6) is 0 Å². The number of carboxylic acid groups (broad SMARTS) is 1. The van der Waals surface area contributed by atoms with Crippen molar-refractivity contribution in [2.45, 2.75) is 37.2 Å². The fourth-order valence-electron chi connectivity index (χ4n) is 3.99. The summed E-state index contributed by atoms with van der Waals surface area (Å²) in [7, 11) is 0. The second-order valence-electron chi connectivity index (χ2n) is 8.49. The number of carbonyl (C=O) groups is 1. The molecule has 1 aliphatic heterocycles. The number of hydrogen-bond acceptors (Lipinski definition) is 6. The smallest absolute Gasteiger partial charge is 0.417 e. The number of piperidine rings is 1. The van der Waals surface area contributed by atoms with Crippen LogP contribution < -0.4 is 15.8 Å². The van der Waals surface area contributed by atoms with E-state index in [2.05, 4.69) is 9.97 Å². The van der Waals surface area contributed by atoms with Crippen molar-refractivity contribution < 1.29 is 45.0 Å². The van der Waals surface area contributed by atoms with Crippen LogP contribution in [0.2, 0.25) is 0 Å². The molecule has 3 aromatic rings.